The number of amides is 1. The Morgan fingerprint density at radius 3 is 2.33 bits per heavy atom. The van der Waals surface area contributed by atoms with Gasteiger partial charge in [0.1, 0.15) is 17.2 Å². The summed E-state index contributed by atoms with van der Waals surface area (Å²) in [6, 6.07) is 3.94. The minimum atomic E-state index is -0.783. The molecule has 1 aromatic rings. The van der Waals surface area contributed by atoms with E-state index in [0.717, 1.165) is 37.4 Å². The lowest BCUT2D eigenvalue weighted by atomic mass is 10.0. The second kappa shape index (κ2) is 6.10. The van der Waals surface area contributed by atoms with Gasteiger partial charge in [-0.2, -0.15) is 0 Å². The van der Waals surface area contributed by atoms with Crippen molar-refractivity contribution in [3.8, 4) is 0 Å². The van der Waals surface area contributed by atoms with E-state index >= 15 is 0 Å². The van der Waals surface area contributed by atoms with Crippen molar-refractivity contribution < 1.29 is 13.6 Å². The predicted molar refractivity (Wildman–Crippen MR) is 76.0 cm³/mol. The molecule has 1 aliphatic heterocycles. The highest BCUT2D eigenvalue weighted by Crippen LogP contribution is 2.28. The zero-order valence-corrected chi connectivity index (χ0v) is 11.9. The number of benzene rings is 1. The molecule has 114 valence electrons. The first-order valence-corrected chi connectivity index (χ1v) is 7.62. The van der Waals surface area contributed by atoms with Crippen LogP contribution < -0.4 is 5.32 Å². The van der Waals surface area contributed by atoms with Crippen molar-refractivity contribution in [2.45, 2.75) is 31.7 Å². The van der Waals surface area contributed by atoms with Gasteiger partial charge in [-0.3, -0.25) is 4.79 Å². The van der Waals surface area contributed by atoms with Gasteiger partial charge in [-0.1, -0.05) is 6.07 Å². The van der Waals surface area contributed by atoms with Gasteiger partial charge >= 0.3 is 0 Å². The second-order valence-electron chi connectivity index (χ2n) is 6.01. The van der Waals surface area contributed by atoms with Gasteiger partial charge in [0.05, 0.1) is 0 Å². The molecule has 2 fully saturated rings. The molecular formula is C16H20F2N2O. The van der Waals surface area contributed by atoms with Crippen molar-refractivity contribution in [1.29, 1.82) is 0 Å². The molecule has 0 atom stereocenters. The quantitative estimate of drug-likeness (QED) is 0.925. The van der Waals surface area contributed by atoms with Crippen LogP contribution in [-0.2, 0) is 0 Å². The number of rotatable bonds is 4. The Morgan fingerprint density at radius 2 is 1.76 bits per heavy atom. The fourth-order valence-corrected chi connectivity index (χ4v) is 2.80. The Bertz CT molecular complexity index is 503. The first-order chi connectivity index (χ1) is 10.1. The molecule has 1 saturated heterocycles. The van der Waals surface area contributed by atoms with Crippen LogP contribution in [0, 0.1) is 17.6 Å². The number of carbonyl (C=O) groups excluding carboxylic acids is 1. The molecule has 1 amide bonds. The third-order valence-corrected chi connectivity index (χ3v) is 4.35. The molecule has 3 nitrogen and oxygen atoms in total. The largest absolute Gasteiger partial charge is 0.338 e. The molecule has 0 aromatic heterocycles. The van der Waals surface area contributed by atoms with Gasteiger partial charge in [-0.25, -0.2) is 8.78 Å². The fraction of sp³-hybridized carbons (Fsp3) is 0.562. The number of nitrogens with one attached hydrogen (secondary N) is 1. The Labute approximate surface area is 123 Å². The van der Waals surface area contributed by atoms with Gasteiger partial charge in [0.2, 0.25) is 0 Å². The molecule has 0 bridgehead atoms. The molecule has 1 aliphatic carbocycles. The summed E-state index contributed by atoms with van der Waals surface area (Å²) in [5.74, 6) is -1.27. The van der Waals surface area contributed by atoms with E-state index in [1.807, 2.05) is 0 Å². The van der Waals surface area contributed by atoms with Crippen LogP contribution in [0.1, 0.15) is 36.0 Å². The van der Waals surface area contributed by atoms with Gasteiger partial charge in [0.15, 0.2) is 0 Å². The number of nitrogens with zero attached hydrogens (tertiary/aromatic N) is 1. The molecule has 1 aromatic carbocycles. The van der Waals surface area contributed by atoms with E-state index in [1.54, 1.807) is 4.90 Å². The van der Waals surface area contributed by atoms with Crippen molar-refractivity contribution in [2.75, 3.05) is 19.6 Å². The van der Waals surface area contributed by atoms with Crippen LogP contribution in [0.5, 0.6) is 0 Å². The topological polar surface area (TPSA) is 32.3 Å². The standard InChI is InChI=1S/C16H20F2N2O/c17-13-2-1-3-14(18)15(13)16(21)20-8-6-12(7-9-20)19-10-11-4-5-11/h1-3,11-12,19H,4-10H2. The summed E-state index contributed by atoms with van der Waals surface area (Å²) in [6.07, 6.45) is 4.32. The van der Waals surface area contributed by atoms with Gasteiger partial charge in [0, 0.05) is 19.1 Å². The van der Waals surface area contributed by atoms with Crippen molar-refractivity contribution in [1.82, 2.24) is 10.2 Å². The fourth-order valence-electron chi connectivity index (χ4n) is 2.80. The minimum absolute atomic E-state index is 0.417. The lowest BCUT2D eigenvalue weighted by Crippen LogP contribution is -2.45. The lowest BCUT2D eigenvalue weighted by Gasteiger charge is -2.32. The predicted octanol–water partition coefficient (Wildman–Crippen LogP) is 2.57. The van der Waals surface area contributed by atoms with E-state index in [0.29, 0.717) is 19.1 Å². The van der Waals surface area contributed by atoms with Gasteiger partial charge < -0.3 is 10.2 Å². The van der Waals surface area contributed by atoms with Crippen LogP contribution in [-0.4, -0.2) is 36.5 Å². The molecule has 0 spiro atoms. The van der Waals surface area contributed by atoms with Crippen molar-refractivity contribution in [3.05, 3.63) is 35.4 Å². The van der Waals surface area contributed by atoms with Crippen LogP contribution in [0.3, 0.4) is 0 Å². The normalized spacial score (nSPS) is 19.8. The molecule has 0 radical (unpaired) electrons. The first kappa shape index (κ1) is 14.4. The summed E-state index contributed by atoms with van der Waals surface area (Å²) in [5, 5.41) is 3.52. The maximum Gasteiger partial charge on any atom is 0.259 e. The van der Waals surface area contributed by atoms with Crippen LogP contribution in [0.4, 0.5) is 8.78 Å². The van der Waals surface area contributed by atoms with E-state index in [9.17, 15) is 13.6 Å². The van der Waals surface area contributed by atoms with E-state index in [4.69, 9.17) is 0 Å². The SMILES string of the molecule is O=C(c1c(F)cccc1F)N1CCC(NCC2CC2)CC1. The van der Waals surface area contributed by atoms with Gasteiger partial charge in [-0.15, -0.1) is 0 Å². The molecule has 5 heteroatoms. The smallest absolute Gasteiger partial charge is 0.259 e. The van der Waals surface area contributed by atoms with Crippen LogP contribution >= 0.6 is 0 Å². The number of piperidine rings is 1. The highest BCUT2D eigenvalue weighted by Gasteiger charge is 2.28. The van der Waals surface area contributed by atoms with Gasteiger partial charge in [0.25, 0.3) is 5.91 Å². The maximum atomic E-state index is 13.6. The number of carbonyl (C=O) groups is 1. The summed E-state index contributed by atoms with van der Waals surface area (Å²) in [5.41, 5.74) is -0.429. The lowest BCUT2D eigenvalue weighted by molar-refractivity contribution is 0.0695. The molecule has 2 aliphatic rings. The Kier molecular flexibility index (Phi) is 4.19. The van der Waals surface area contributed by atoms with Gasteiger partial charge in [-0.05, 0) is 50.3 Å². The van der Waals surface area contributed by atoms with Crippen molar-refractivity contribution >= 4 is 5.91 Å². The summed E-state index contributed by atoms with van der Waals surface area (Å²) in [7, 11) is 0. The first-order valence-electron chi connectivity index (χ1n) is 7.62. The molecule has 1 heterocycles. The molecule has 0 unspecified atom stereocenters. The molecular weight excluding hydrogens is 274 g/mol. The maximum absolute atomic E-state index is 13.6. The zero-order chi connectivity index (χ0) is 14.8. The number of hydrogen-bond acceptors (Lipinski definition) is 2. The summed E-state index contributed by atoms with van der Waals surface area (Å²) in [4.78, 5) is 13.8. The highest BCUT2D eigenvalue weighted by molar-refractivity contribution is 5.94. The van der Waals surface area contributed by atoms with E-state index < -0.39 is 23.1 Å². The third-order valence-electron chi connectivity index (χ3n) is 4.35. The summed E-state index contributed by atoms with van der Waals surface area (Å²) >= 11 is 0. The average Bonchev–Trinajstić information content (AvgIpc) is 3.29. The Hall–Kier alpha value is -1.49. The molecule has 3 rings (SSSR count). The minimum Gasteiger partial charge on any atom is -0.338 e. The number of likely N-dealkylation sites (tertiary alicyclic amines) is 1. The Morgan fingerprint density at radius 1 is 1.14 bits per heavy atom. The van der Waals surface area contributed by atoms with Crippen LogP contribution in [0.15, 0.2) is 18.2 Å². The average molecular weight is 294 g/mol. The summed E-state index contributed by atoms with van der Waals surface area (Å²) in [6.45, 7) is 2.16. The second-order valence-corrected chi connectivity index (χ2v) is 6.01. The van der Waals surface area contributed by atoms with Crippen molar-refractivity contribution in [3.63, 3.8) is 0 Å². The molecule has 1 saturated carbocycles. The van der Waals surface area contributed by atoms with E-state index in [-0.39, 0.29) is 0 Å². The molecule has 1 N–H and O–H groups in total. The molecule has 21 heavy (non-hydrogen) atoms. The highest BCUT2D eigenvalue weighted by atomic mass is 19.1. The van der Waals surface area contributed by atoms with Crippen LogP contribution in [0.2, 0.25) is 0 Å². The zero-order valence-electron chi connectivity index (χ0n) is 11.9. The van der Waals surface area contributed by atoms with Crippen molar-refractivity contribution in [2.24, 2.45) is 5.92 Å². The summed E-state index contributed by atoms with van der Waals surface area (Å²) < 4.78 is 27.3. The monoisotopic (exact) mass is 294 g/mol. The van der Waals surface area contributed by atoms with E-state index in [2.05, 4.69) is 5.32 Å². The van der Waals surface area contributed by atoms with Crippen LogP contribution in [0.25, 0.3) is 0 Å². The Balaban J connectivity index is 1.57. The number of hydrogen-bond donors (Lipinski definition) is 1. The third kappa shape index (κ3) is 3.40. The number of halogens is 2. The van der Waals surface area contributed by atoms with E-state index in [1.165, 1.54) is 18.9 Å².